The molecule has 0 fully saturated rings. The maximum absolute atomic E-state index is 12.4. The van der Waals surface area contributed by atoms with Crippen LogP contribution in [0.25, 0.3) is 0 Å². The molecule has 5 heteroatoms. The number of benzene rings is 1. The van der Waals surface area contributed by atoms with Crippen molar-refractivity contribution in [3.05, 3.63) is 29.8 Å². The van der Waals surface area contributed by atoms with Gasteiger partial charge in [-0.3, -0.25) is 9.69 Å². The molecule has 0 bridgehead atoms. The molecular weight excluding hydrogens is 268 g/mol. The van der Waals surface area contributed by atoms with Crippen LogP contribution in [0.15, 0.2) is 24.3 Å². The Labute approximate surface area is 126 Å². The lowest BCUT2D eigenvalue weighted by molar-refractivity contribution is -0.141. The molecule has 116 valence electrons. The third kappa shape index (κ3) is 4.48. The minimum absolute atomic E-state index is 0.185. The van der Waals surface area contributed by atoms with Gasteiger partial charge in [-0.2, -0.15) is 0 Å². The number of carbonyl (C=O) groups excluding carboxylic acids is 1. The zero-order valence-corrected chi connectivity index (χ0v) is 13.2. The minimum Gasteiger partial charge on any atom is -0.481 e. The molecule has 0 aliphatic rings. The van der Waals surface area contributed by atoms with Gasteiger partial charge in [0.25, 0.3) is 0 Å². The zero-order valence-electron chi connectivity index (χ0n) is 13.2. The van der Waals surface area contributed by atoms with E-state index in [9.17, 15) is 9.59 Å². The fourth-order valence-corrected chi connectivity index (χ4v) is 2.03. The number of aryl methyl sites for hydroxylation is 1. The quantitative estimate of drug-likeness (QED) is 0.877. The summed E-state index contributed by atoms with van der Waals surface area (Å²) in [7, 11) is 1.71. The molecule has 0 spiro atoms. The molecule has 5 nitrogen and oxygen atoms in total. The number of carbonyl (C=O) groups is 2. The van der Waals surface area contributed by atoms with Gasteiger partial charge >= 0.3 is 12.0 Å². The summed E-state index contributed by atoms with van der Waals surface area (Å²) < 4.78 is 0. The number of anilines is 1. The summed E-state index contributed by atoms with van der Waals surface area (Å²) in [6.45, 7) is 6.22. The summed E-state index contributed by atoms with van der Waals surface area (Å²) in [6.07, 6.45) is 0.954. The highest BCUT2D eigenvalue weighted by molar-refractivity contribution is 5.91. The van der Waals surface area contributed by atoms with Gasteiger partial charge in [-0.1, -0.05) is 26.0 Å². The number of urea groups is 1. The van der Waals surface area contributed by atoms with Crippen molar-refractivity contribution in [3.8, 4) is 0 Å². The number of carboxylic acids is 1. The lowest BCUT2D eigenvalue weighted by Gasteiger charge is -2.28. The maximum atomic E-state index is 12.4. The predicted molar refractivity (Wildman–Crippen MR) is 83.7 cm³/mol. The standard InChI is InChI=1S/C16H24N2O3/c1-5-13-7-9-14(10-8-13)17(4)16(21)18(6-2)11-12(3)15(19)20/h7-10,12H,5-6,11H2,1-4H3,(H,19,20). The first kappa shape index (κ1) is 17.0. The molecule has 0 aromatic heterocycles. The molecular formula is C16H24N2O3. The largest absolute Gasteiger partial charge is 0.481 e. The van der Waals surface area contributed by atoms with Crippen LogP contribution >= 0.6 is 0 Å². The van der Waals surface area contributed by atoms with E-state index in [-0.39, 0.29) is 12.6 Å². The second-order valence-corrected chi connectivity index (χ2v) is 5.14. The van der Waals surface area contributed by atoms with Crippen LogP contribution in [0.5, 0.6) is 0 Å². The van der Waals surface area contributed by atoms with Crippen LogP contribution in [-0.4, -0.2) is 42.1 Å². The van der Waals surface area contributed by atoms with Crippen LogP contribution in [-0.2, 0) is 11.2 Å². The normalized spacial score (nSPS) is 11.8. The van der Waals surface area contributed by atoms with Gasteiger partial charge in [0.05, 0.1) is 5.92 Å². The van der Waals surface area contributed by atoms with Gasteiger partial charge in [0.2, 0.25) is 0 Å². The molecule has 21 heavy (non-hydrogen) atoms. The zero-order chi connectivity index (χ0) is 16.0. The Morgan fingerprint density at radius 1 is 1.19 bits per heavy atom. The molecule has 0 radical (unpaired) electrons. The van der Waals surface area contributed by atoms with E-state index in [4.69, 9.17) is 5.11 Å². The number of nitrogens with zero attached hydrogens (tertiary/aromatic N) is 2. The molecule has 1 rings (SSSR count). The lowest BCUT2D eigenvalue weighted by atomic mass is 10.1. The van der Waals surface area contributed by atoms with E-state index in [1.807, 2.05) is 31.2 Å². The first-order valence-corrected chi connectivity index (χ1v) is 7.25. The van der Waals surface area contributed by atoms with Crippen molar-refractivity contribution in [1.29, 1.82) is 0 Å². The Hall–Kier alpha value is -2.04. The summed E-state index contributed by atoms with van der Waals surface area (Å²) in [5.41, 5.74) is 2.02. The van der Waals surface area contributed by atoms with Crippen molar-refractivity contribution >= 4 is 17.7 Å². The molecule has 1 N–H and O–H groups in total. The average Bonchev–Trinajstić information content (AvgIpc) is 2.50. The molecule has 1 aromatic carbocycles. The third-order valence-corrected chi connectivity index (χ3v) is 3.59. The molecule has 0 aliphatic carbocycles. The van der Waals surface area contributed by atoms with Gasteiger partial charge in [-0.25, -0.2) is 4.79 Å². The number of rotatable bonds is 6. The average molecular weight is 292 g/mol. The van der Waals surface area contributed by atoms with Crippen LogP contribution in [0.2, 0.25) is 0 Å². The predicted octanol–water partition coefficient (Wildman–Crippen LogP) is 2.85. The number of amides is 2. The summed E-state index contributed by atoms with van der Waals surface area (Å²) in [5, 5.41) is 8.97. The van der Waals surface area contributed by atoms with Gasteiger partial charge in [-0.05, 0) is 31.0 Å². The highest BCUT2D eigenvalue weighted by Crippen LogP contribution is 2.16. The molecule has 1 unspecified atom stereocenters. The summed E-state index contributed by atoms with van der Waals surface area (Å²) >= 11 is 0. The van der Waals surface area contributed by atoms with Crippen molar-refractivity contribution in [3.63, 3.8) is 0 Å². The molecule has 1 aromatic rings. The van der Waals surface area contributed by atoms with E-state index >= 15 is 0 Å². The Kier molecular flexibility index (Phi) is 6.21. The third-order valence-electron chi connectivity index (χ3n) is 3.59. The maximum Gasteiger partial charge on any atom is 0.324 e. The highest BCUT2D eigenvalue weighted by atomic mass is 16.4. The Bertz CT molecular complexity index is 485. The number of carboxylic acid groups (broad SMARTS) is 1. The molecule has 0 saturated heterocycles. The second-order valence-electron chi connectivity index (χ2n) is 5.14. The lowest BCUT2D eigenvalue weighted by Crippen LogP contribution is -2.44. The number of hydrogen-bond donors (Lipinski definition) is 1. The second kappa shape index (κ2) is 7.67. The van der Waals surface area contributed by atoms with Crippen molar-refractivity contribution < 1.29 is 14.7 Å². The Balaban J connectivity index is 2.80. The van der Waals surface area contributed by atoms with Gasteiger partial charge < -0.3 is 10.0 Å². The Morgan fingerprint density at radius 3 is 2.19 bits per heavy atom. The number of hydrogen-bond acceptors (Lipinski definition) is 2. The van der Waals surface area contributed by atoms with Gasteiger partial charge in [0, 0.05) is 25.8 Å². The van der Waals surface area contributed by atoms with Gasteiger partial charge in [0.1, 0.15) is 0 Å². The van der Waals surface area contributed by atoms with Crippen LogP contribution in [0.4, 0.5) is 10.5 Å². The highest BCUT2D eigenvalue weighted by Gasteiger charge is 2.22. The molecule has 0 aliphatic heterocycles. The molecule has 1 atom stereocenters. The summed E-state index contributed by atoms with van der Waals surface area (Å²) in [4.78, 5) is 26.5. The van der Waals surface area contributed by atoms with Gasteiger partial charge in [0.15, 0.2) is 0 Å². The van der Waals surface area contributed by atoms with Crippen molar-refractivity contribution in [2.24, 2.45) is 5.92 Å². The van der Waals surface area contributed by atoms with E-state index in [1.165, 1.54) is 5.56 Å². The van der Waals surface area contributed by atoms with E-state index < -0.39 is 11.9 Å². The van der Waals surface area contributed by atoms with Crippen LogP contribution < -0.4 is 4.90 Å². The van der Waals surface area contributed by atoms with E-state index in [0.29, 0.717) is 6.54 Å². The van der Waals surface area contributed by atoms with E-state index in [1.54, 1.807) is 23.8 Å². The number of aliphatic carboxylic acids is 1. The summed E-state index contributed by atoms with van der Waals surface area (Å²) in [6, 6.07) is 7.62. The minimum atomic E-state index is -0.892. The summed E-state index contributed by atoms with van der Waals surface area (Å²) in [5.74, 6) is -1.47. The first-order valence-electron chi connectivity index (χ1n) is 7.25. The fraction of sp³-hybridized carbons (Fsp3) is 0.500. The topological polar surface area (TPSA) is 60.9 Å². The SMILES string of the molecule is CCc1ccc(N(C)C(=O)N(CC)CC(C)C(=O)O)cc1. The molecule has 2 amide bonds. The Morgan fingerprint density at radius 2 is 1.76 bits per heavy atom. The van der Waals surface area contributed by atoms with Crippen molar-refractivity contribution in [2.45, 2.75) is 27.2 Å². The fourth-order valence-electron chi connectivity index (χ4n) is 2.03. The van der Waals surface area contributed by atoms with Crippen LogP contribution in [0.1, 0.15) is 26.3 Å². The van der Waals surface area contributed by atoms with E-state index in [2.05, 4.69) is 6.92 Å². The molecule has 0 heterocycles. The van der Waals surface area contributed by atoms with Gasteiger partial charge in [-0.15, -0.1) is 0 Å². The smallest absolute Gasteiger partial charge is 0.324 e. The monoisotopic (exact) mass is 292 g/mol. The van der Waals surface area contributed by atoms with Crippen molar-refractivity contribution in [1.82, 2.24) is 4.90 Å². The van der Waals surface area contributed by atoms with Crippen molar-refractivity contribution in [2.75, 3.05) is 25.0 Å². The van der Waals surface area contributed by atoms with Crippen LogP contribution in [0, 0.1) is 5.92 Å². The van der Waals surface area contributed by atoms with E-state index in [0.717, 1.165) is 12.1 Å². The van der Waals surface area contributed by atoms with Crippen LogP contribution in [0.3, 0.4) is 0 Å². The molecule has 0 saturated carbocycles. The first-order chi connectivity index (χ1) is 9.90.